The molecule has 2 rings (SSSR count). The van der Waals surface area contributed by atoms with Crippen LogP contribution in [-0.2, 0) is 0 Å². The summed E-state index contributed by atoms with van der Waals surface area (Å²) in [5.74, 6) is 0.757. The molecule has 4 nitrogen and oxygen atoms in total. The van der Waals surface area contributed by atoms with Crippen molar-refractivity contribution in [3.63, 3.8) is 0 Å². The summed E-state index contributed by atoms with van der Waals surface area (Å²) in [5.41, 5.74) is 9.40. The SMILES string of the molecule is COc1ccc(C)cc1-c1ccc(C(C)N)c(=O)n1C(C)C. The average molecular weight is 300 g/mol. The Bertz CT molecular complexity index is 730. The molecule has 1 heterocycles. The van der Waals surface area contributed by atoms with Crippen molar-refractivity contribution in [1.82, 2.24) is 4.57 Å². The number of aryl methyl sites for hydroxylation is 1. The average Bonchev–Trinajstić information content (AvgIpc) is 2.45. The van der Waals surface area contributed by atoms with Crippen LogP contribution in [0.5, 0.6) is 5.75 Å². The summed E-state index contributed by atoms with van der Waals surface area (Å²) < 4.78 is 7.25. The molecule has 2 aromatic rings. The summed E-state index contributed by atoms with van der Waals surface area (Å²) >= 11 is 0. The number of nitrogens with zero attached hydrogens (tertiary/aromatic N) is 1. The van der Waals surface area contributed by atoms with E-state index in [4.69, 9.17) is 10.5 Å². The van der Waals surface area contributed by atoms with E-state index in [-0.39, 0.29) is 17.6 Å². The van der Waals surface area contributed by atoms with Gasteiger partial charge in [-0.3, -0.25) is 4.79 Å². The van der Waals surface area contributed by atoms with Gasteiger partial charge in [-0.1, -0.05) is 11.6 Å². The van der Waals surface area contributed by atoms with Gasteiger partial charge in [0.05, 0.1) is 12.8 Å². The number of rotatable bonds is 4. The van der Waals surface area contributed by atoms with Gasteiger partial charge in [-0.15, -0.1) is 0 Å². The van der Waals surface area contributed by atoms with E-state index in [1.54, 1.807) is 11.7 Å². The maximum Gasteiger partial charge on any atom is 0.256 e. The summed E-state index contributed by atoms with van der Waals surface area (Å²) in [7, 11) is 1.64. The molecule has 1 aromatic carbocycles. The number of aromatic nitrogens is 1. The van der Waals surface area contributed by atoms with Gasteiger partial charge >= 0.3 is 0 Å². The Hall–Kier alpha value is -2.07. The van der Waals surface area contributed by atoms with Crippen LogP contribution in [0.2, 0.25) is 0 Å². The number of hydrogen-bond donors (Lipinski definition) is 1. The van der Waals surface area contributed by atoms with Crippen LogP contribution in [0.3, 0.4) is 0 Å². The molecule has 22 heavy (non-hydrogen) atoms. The highest BCUT2D eigenvalue weighted by molar-refractivity contribution is 5.69. The summed E-state index contributed by atoms with van der Waals surface area (Å²) in [6, 6.07) is 9.49. The van der Waals surface area contributed by atoms with Gasteiger partial charge in [0.1, 0.15) is 5.75 Å². The molecule has 0 spiro atoms. The molecule has 2 N–H and O–H groups in total. The minimum Gasteiger partial charge on any atom is -0.496 e. The van der Waals surface area contributed by atoms with Crippen molar-refractivity contribution in [2.24, 2.45) is 5.73 Å². The van der Waals surface area contributed by atoms with Gasteiger partial charge in [0.25, 0.3) is 5.56 Å². The molecule has 0 saturated carbocycles. The molecule has 0 aliphatic carbocycles. The van der Waals surface area contributed by atoms with E-state index in [9.17, 15) is 4.79 Å². The van der Waals surface area contributed by atoms with Gasteiger partial charge < -0.3 is 15.0 Å². The Morgan fingerprint density at radius 1 is 1.14 bits per heavy atom. The van der Waals surface area contributed by atoms with Gasteiger partial charge in [-0.2, -0.15) is 0 Å². The van der Waals surface area contributed by atoms with Crippen molar-refractivity contribution < 1.29 is 4.74 Å². The van der Waals surface area contributed by atoms with Gasteiger partial charge in [0.15, 0.2) is 0 Å². The fourth-order valence-electron chi connectivity index (χ4n) is 2.67. The second kappa shape index (κ2) is 6.36. The molecule has 0 aliphatic rings. The predicted molar refractivity (Wildman–Crippen MR) is 90.4 cm³/mol. The third-order valence-corrected chi connectivity index (χ3v) is 3.78. The Labute approximate surface area is 131 Å². The normalized spacial score (nSPS) is 12.5. The van der Waals surface area contributed by atoms with Crippen LogP contribution in [0, 0.1) is 6.92 Å². The molecule has 0 radical (unpaired) electrons. The van der Waals surface area contributed by atoms with Crippen molar-refractivity contribution in [2.45, 2.75) is 39.8 Å². The van der Waals surface area contributed by atoms with E-state index >= 15 is 0 Å². The van der Waals surface area contributed by atoms with E-state index in [1.165, 1.54) is 0 Å². The molecule has 1 atom stereocenters. The Morgan fingerprint density at radius 3 is 2.36 bits per heavy atom. The first-order valence-electron chi connectivity index (χ1n) is 7.52. The molecule has 1 aromatic heterocycles. The van der Waals surface area contributed by atoms with Crippen molar-refractivity contribution in [2.75, 3.05) is 7.11 Å². The number of benzene rings is 1. The molecular weight excluding hydrogens is 276 g/mol. The molecule has 0 aliphatic heterocycles. The summed E-state index contributed by atoms with van der Waals surface area (Å²) in [5, 5.41) is 0. The molecule has 1 unspecified atom stereocenters. The van der Waals surface area contributed by atoms with Gasteiger partial charge in [0, 0.05) is 23.2 Å². The second-order valence-corrected chi connectivity index (χ2v) is 5.94. The van der Waals surface area contributed by atoms with Crippen molar-refractivity contribution in [1.29, 1.82) is 0 Å². The minimum absolute atomic E-state index is 0.0337. The first kappa shape index (κ1) is 16.3. The zero-order valence-corrected chi connectivity index (χ0v) is 13.9. The van der Waals surface area contributed by atoms with E-state index in [0.29, 0.717) is 5.56 Å². The molecule has 0 saturated heterocycles. The molecule has 0 bridgehead atoms. The molecule has 0 amide bonds. The first-order chi connectivity index (χ1) is 10.4. The number of pyridine rings is 1. The smallest absolute Gasteiger partial charge is 0.256 e. The summed E-state index contributed by atoms with van der Waals surface area (Å²) in [6.45, 7) is 7.85. The number of methoxy groups -OCH3 is 1. The lowest BCUT2D eigenvalue weighted by Gasteiger charge is -2.20. The summed E-state index contributed by atoms with van der Waals surface area (Å²) in [6.07, 6.45) is 0. The van der Waals surface area contributed by atoms with Crippen molar-refractivity contribution in [3.8, 4) is 17.0 Å². The zero-order chi connectivity index (χ0) is 16.4. The molecular formula is C18H24N2O2. The Morgan fingerprint density at radius 2 is 1.82 bits per heavy atom. The monoisotopic (exact) mass is 300 g/mol. The molecule has 0 fully saturated rings. The van der Waals surface area contributed by atoms with Crippen molar-refractivity contribution in [3.05, 3.63) is 51.8 Å². The molecule has 118 valence electrons. The second-order valence-electron chi connectivity index (χ2n) is 5.94. The van der Waals surface area contributed by atoms with Crippen LogP contribution in [0.15, 0.2) is 35.1 Å². The van der Waals surface area contributed by atoms with Crippen LogP contribution in [0.25, 0.3) is 11.3 Å². The van der Waals surface area contributed by atoms with Gasteiger partial charge in [0.2, 0.25) is 0 Å². The number of hydrogen-bond acceptors (Lipinski definition) is 3. The van der Waals surface area contributed by atoms with Crippen LogP contribution in [-0.4, -0.2) is 11.7 Å². The standard InChI is InChI=1S/C18H24N2O2/c1-11(2)20-16(8-7-14(13(4)19)18(20)21)15-10-12(3)6-9-17(15)22-5/h6-11,13H,19H2,1-5H3. The van der Waals surface area contributed by atoms with Crippen molar-refractivity contribution >= 4 is 0 Å². The number of ether oxygens (including phenoxy) is 1. The minimum atomic E-state index is -0.286. The topological polar surface area (TPSA) is 57.2 Å². The highest BCUT2D eigenvalue weighted by atomic mass is 16.5. The third-order valence-electron chi connectivity index (χ3n) is 3.78. The lowest BCUT2D eigenvalue weighted by Crippen LogP contribution is -2.29. The van der Waals surface area contributed by atoms with Gasteiger partial charge in [-0.25, -0.2) is 0 Å². The Balaban J connectivity index is 2.79. The van der Waals surface area contributed by atoms with Crippen LogP contribution in [0.1, 0.15) is 44.0 Å². The fourth-order valence-corrected chi connectivity index (χ4v) is 2.67. The summed E-state index contributed by atoms with van der Waals surface area (Å²) in [4.78, 5) is 12.8. The van der Waals surface area contributed by atoms with E-state index < -0.39 is 0 Å². The Kier molecular flexibility index (Phi) is 4.71. The van der Waals surface area contributed by atoms with E-state index in [1.807, 2.05) is 58.0 Å². The predicted octanol–water partition coefficient (Wildman–Crippen LogP) is 3.43. The fraction of sp³-hybridized carbons (Fsp3) is 0.389. The van der Waals surface area contributed by atoms with Crippen LogP contribution >= 0.6 is 0 Å². The largest absolute Gasteiger partial charge is 0.496 e. The van der Waals surface area contributed by atoms with E-state index in [2.05, 4.69) is 0 Å². The molecule has 4 heteroatoms. The highest BCUT2D eigenvalue weighted by Crippen LogP contribution is 2.31. The first-order valence-corrected chi connectivity index (χ1v) is 7.52. The van der Waals surface area contributed by atoms with Crippen LogP contribution in [0.4, 0.5) is 0 Å². The highest BCUT2D eigenvalue weighted by Gasteiger charge is 2.17. The van der Waals surface area contributed by atoms with Gasteiger partial charge in [-0.05, 0) is 52.0 Å². The third kappa shape index (κ3) is 2.92. The van der Waals surface area contributed by atoms with Crippen LogP contribution < -0.4 is 16.0 Å². The maximum atomic E-state index is 12.8. The zero-order valence-electron chi connectivity index (χ0n) is 13.9. The van der Waals surface area contributed by atoms with E-state index in [0.717, 1.165) is 22.6 Å². The number of nitrogens with two attached hydrogens (primary N) is 1. The lowest BCUT2D eigenvalue weighted by molar-refractivity contribution is 0.415. The quantitative estimate of drug-likeness (QED) is 0.941. The lowest BCUT2D eigenvalue weighted by atomic mass is 10.0. The maximum absolute atomic E-state index is 12.8.